The fourth-order valence-electron chi connectivity index (χ4n) is 2.05. The van der Waals surface area contributed by atoms with Crippen molar-refractivity contribution in [3.8, 4) is 0 Å². The van der Waals surface area contributed by atoms with E-state index < -0.39 is 0 Å². The average molecular weight is 230 g/mol. The van der Waals surface area contributed by atoms with Gasteiger partial charge in [-0.15, -0.1) is 11.3 Å². The van der Waals surface area contributed by atoms with E-state index in [9.17, 15) is 0 Å². The van der Waals surface area contributed by atoms with Crippen molar-refractivity contribution in [2.45, 2.75) is 25.8 Å². The molecule has 0 spiro atoms. The predicted molar refractivity (Wildman–Crippen MR) is 67.9 cm³/mol. The molecule has 1 aromatic heterocycles. The minimum Gasteiger partial charge on any atom is -0.379 e. The van der Waals surface area contributed by atoms with Gasteiger partial charge in [0.05, 0.1) is 12.2 Å². The standard InChI is InChI=1S/C13H14N2S/c1-2-5-10(6-3-1)14-9-13-15-11-7-4-8-12(11)16-13/h1-3,5-6,14H,4,7-9H2. The normalized spacial score (nSPS) is 13.8. The van der Waals surface area contributed by atoms with Gasteiger partial charge in [0.25, 0.3) is 0 Å². The monoisotopic (exact) mass is 230 g/mol. The van der Waals surface area contributed by atoms with Gasteiger partial charge in [0, 0.05) is 10.6 Å². The lowest BCUT2D eigenvalue weighted by atomic mass is 10.3. The highest BCUT2D eigenvalue weighted by Crippen LogP contribution is 2.27. The summed E-state index contributed by atoms with van der Waals surface area (Å²) in [6, 6.07) is 10.3. The lowest BCUT2D eigenvalue weighted by molar-refractivity contribution is 0.891. The first-order chi connectivity index (χ1) is 7.92. The van der Waals surface area contributed by atoms with Crippen LogP contribution in [0.1, 0.15) is 22.0 Å². The van der Waals surface area contributed by atoms with Crippen molar-refractivity contribution in [2.24, 2.45) is 0 Å². The smallest absolute Gasteiger partial charge is 0.112 e. The van der Waals surface area contributed by atoms with E-state index in [0.717, 1.165) is 12.2 Å². The van der Waals surface area contributed by atoms with Crippen molar-refractivity contribution in [3.63, 3.8) is 0 Å². The summed E-state index contributed by atoms with van der Waals surface area (Å²) in [6.45, 7) is 0.849. The van der Waals surface area contributed by atoms with Crippen molar-refractivity contribution in [2.75, 3.05) is 5.32 Å². The van der Waals surface area contributed by atoms with Crippen LogP contribution in [0, 0.1) is 0 Å². The van der Waals surface area contributed by atoms with Crippen molar-refractivity contribution in [1.29, 1.82) is 0 Å². The maximum absolute atomic E-state index is 4.66. The van der Waals surface area contributed by atoms with Gasteiger partial charge in [0.2, 0.25) is 0 Å². The summed E-state index contributed by atoms with van der Waals surface area (Å²) in [7, 11) is 0. The Morgan fingerprint density at radius 3 is 2.88 bits per heavy atom. The van der Waals surface area contributed by atoms with Crippen LogP contribution in [0.5, 0.6) is 0 Å². The molecule has 0 saturated heterocycles. The summed E-state index contributed by atoms with van der Waals surface area (Å²) in [5.41, 5.74) is 2.51. The summed E-state index contributed by atoms with van der Waals surface area (Å²) in [5.74, 6) is 0. The first-order valence-corrected chi connectivity index (χ1v) is 6.50. The summed E-state index contributed by atoms with van der Waals surface area (Å²) in [4.78, 5) is 6.17. The number of hydrogen-bond donors (Lipinski definition) is 1. The number of fused-ring (bicyclic) bond motifs is 1. The highest BCUT2D eigenvalue weighted by molar-refractivity contribution is 7.11. The molecule has 3 heteroatoms. The lowest BCUT2D eigenvalue weighted by Gasteiger charge is -2.02. The van der Waals surface area contributed by atoms with Crippen LogP contribution < -0.4 is 5.32 Å². The average Bonchev–Trinajstić information content (AvgIpc) is 2.88. The van der Waals surface area contributed by atoms with E-state index >= 15 is 0 Å². The molecule has 2 aromatic rings. The quantitative estimate of drug-likeness (QED) is 0.875. The number of hydrogen-bond acceptors (Lipinski definition) is 3. The fraction of sp³-hybridized carbons (Fsp3) is 0.308. The summed E-state index contributed by atoms with van der Waals surface area (Å²) >= 11 is 1.87. The van der Waals surface area contributed by atoms with Gasteiger partial charge in [-0.1, -0.05) is 18.2 Å². The second kappa shape index (κ2) is 4.26. The Morgan fingerprint density at radius 1 is 1.19 bits per heavy atom. The maximum atomic E-state index is 4.66. The molecule has 0 amide bonds. The van der Waals surface area contributed by atoms with Gasteiger partial charge in [-0.05, 0) is 31.4 Å². The minimum absolute atomic E-state index is 0.849. The zero-order valence-corrected chi connectivity index (χ0v) is 9.89. The third-order valence-electron chi connectivity index (χ3n) is 2.86. The molecule has 1 aliphatic carbocycles. The Bertz CT molecular complexity index is 454. The Morgan fingerprint density at radius 2 is 2.06 bits per heavy atom. The Balaban J connectivity index is 1.67. The molecular weight excluding hydrogens is 216 g/mol. The molecule has 0 bridgehead atoms. The largest absolute Gasteiger partial charge is 0.379 e. The van der Waals surface area contributed by atoms with Gasteiger partial charge in [-0.25, -0.2) is 4.98 Å². The Hall–Kier alpha value is -1.35. The number of para-hydroxylation sites is 1. The number of thiazole rings is 1. The number of aromatic nitrogens is 1. The highest BCUT2D eigenvalue weighted by atomic mass is 32.1. The number of benzene rings is 1. The molecule has 0 saturated carbocycles. The van der Waals surface area contributed by atoms with Crippen LogP contribution in [0.25, 0.3) is 0 Å². The number of rotatable bonds is 3. The first-order valence-electron chi connectivity index (χ1n) is 5.68. The Labute approximate surface area is 99.4 Å². The molecule has 0 atom stereocenters. The number of nitrogens with one attached hydrogen (secondary N) is 1. The fourth-order valence-corrected chi connectivity index (χ4v) is 3.15. The number of nitrogens with zero attached hydrogens (tertiary/aromatic N) is 1. The molecule has 2 nitrogen and oxygen atoms in total. The van der Waals surface area contributed by atoms with Crippen LogP contribution in [-0.2, 0) is 19.4 Å². The van der Waals surface area contributed by atoms with E-state index in [4.69, 9.17) is 0 Å². The van der Waals surface area contributed by atoms with Crippen LogP contribution in [0.3, 0.4) is 0 Å². The predicted octanol–water partition coefficient (Wildman–Crippen LogP) is 3.24. The molecule has 1 heterocycles. The van der Waals surface area contributed by atoms with E-state index in [1.165, 1.54) is 34.8 Å². The summed E-state index contributed by atoms with van der Waals surface area (Å²) in [6.07, 6.45) is 3.70. The second-order valence-corrected chi connectivity index (χ2v) is 5.22. The molecular formula is C13H14N2S. The first kappa shape index (κ1) is 9.85. The third-order valence-corrected chi connectivity index (χ3v) is 4.01. The van der Waals surface area contributed by atoms with E-state index in [1.807, 2.05) is 29.5 Å². The van der Waals surface area contributed by atoms with Crippen molar-refractivity contribution >= 4 is 17.0 Å². The van der Waals surface area contributed by atoms with Gasteiger partial charge in [-0.3, -0.25) is 0 Å². The zero-order chi connectivity index (χ0) is 10.8. The van der Waals surface area contributed by atoms with E-state index in [-0.39, 0.29) is 0 Å². The molecule has 1 aromatic carbocycles. The molecule has 0 aliphatic heterocycles. The number of anilines is 1. The van der Waals surface area contributed by atoms with Crippen molar-refractivity contribution in [3.05, 3.63) is 45.9 Å². The van der Waals surface area contributed by atoms with Crippen LogP contribution in [-0.4, -0.2) is 4.98 Å². The highest BCUT2D eigenvalue weighted by Gasteiger charge is 2.16. The molecule has 3 rings (SSSR count). The van der Waals surface area contributed by atoms with E-state index in [2.05, 4.69) is 22.4 Å². The molecule has 16 heavy (non-hydrogen) atoms. The van der Waals surface area contributed by atoms with Crippen molar-refractivity contribution in [1.82, 2.24) is 4.98 Å². The van der Waals surface area contributed by atoms with Gasteiger partial charge in [0.15, 0.2) is 0 Å². The molecule has 0 unspecified atom stereocenters. The topological polar surface area (TPSA) is 24.9 Å². The van der Waals surface area contributed by atoms with Crippen LogP contribution in [0.4, 0.5) is 5.69 Å². The molecule has 0 radical (unpaired) electrons. The summed E-state index contributed by atoms with van der Waals surface area (Å²) < 4.78 is 0. The number of aryl methyl sites for hydroxylation is 2. The molecule has 1 aliphatic rings. The van der Waals surface area contributed by atoms with Crippen LogP contribution >= 0.6 is 11.3 Å². The van der Waals surface area contributed by atoms with E-state index in [1.54, 1.807) is 0 Å². The van der Waals surface area contributed by atoms with Crippen molar-refractivity contribution < 1.29 is 0 Å². The minimum atomic E-state index is 0.849. The van der Waals surface area contributed by atoms with E-state index in [0.29, 0.717) is 0 Å². The molecule has 1 N–H and O–H groups in total. The van der Waals surface area contributed by atoms with Gasteiger partial charge >= 0.3 is 0 Å². The second-order valence-electron chi connectivity index (χ2n) is 4.05. The zero-order valence-electron chi connectivity index (χ0n) is 9.07. The lowest BCUT2D eigenvalue weighted by Crippen LogP contribution is -1.98. The van der Waals surface area contributed by atoms with Gasteiger partial charge in [-0.2, -0.15) is 0 Å². The summed E-state index contributed by atoms with van der Waals surface area (Å²) in [5, 5.41) is 4.61. The SMILES string of the molecule is c1ccc(NCc2nc3c(s2)CCC3)cc1. The third kappa shape index (κ3) is 1.95. The van der Waals surface area contributed by atoms with Gasteiger partial charge < -0.3 is 5.32 Å². The van der Waals surface area contributed by atoms with Crippen LogP contribution in [0.2, 0.25) is 0 Å². The van der Waals surface area contributed by atoms with Gasteiger partial charge in [0.1, 0.15) is 5.01 Å². The molecule has 0 fully saturated rings. The molecule has 82 valence electrons. The van der Waals surface area contributed by atoms with Crippen LogP contribution in [0.15, 0.2) is 30.3 Å². The Kier molecular flexibility index (Phi) is 2.62. The maximum Gasteiger partial charge on any atom is 0.112 e.